The van der Waals surface area contributed by atoms with Crippen LogP contribution in [0.3, 0.4) is 0 Å². The lowest BCUT2D eigenvalue weighted by Crippen LogP contribution is -2.40. The van der Waals surface area contributed by atoms with Crippen molar-refractivity contribution in [3.8, 4) is 11.5 Å². The quantitative estimate of drug-likeness (QED) is 0.251. The van der Waals surface area contributed by atoms with Crippen molar-refractivity contribution in [2.24, 2.45) is 0 Å². The van der Waals surface area contributed by atoms with Crippen molar-refractivity contribution < 1.29 is 36.5 Å². The van der Waals surface area contributed by atoms with Gasteiger partial charge in [-0.3, -0.25) is 24.1 Å². The summed E-state index contributed by atoms with van der Waals surface area (Å²) in [5.41, 5.74) is 0.903. The van der Waals surface area contributed by atoms with E-state index in [4.69, 9.17) is 8.92 Å². The number of amides is 4. The molecule has 4 amide bonds. The maximum atomic E-state index is 12.9. The lowest BCUT2D eigenvalue weighted by molar-refractivity contribution is -0.135. The molecule has 206 valence electrons. The zero-order valence-corrected chi connectivity index (χ0v) is 24.7. The summed E-state index contributed by atoms with van der Waals surface area (Å²) in [7, 11) is -2.91. The van der Waals surface area contributed by atoms with Gasteiger partial charge in [0.15, 0.2) is 11.5 Å². The van der Waals surface area contributed by atoms with Gasteiger partial charge in [-0.25, -0.2) is 0 Å². The van der Waals surface area contributed by atoms with E-state index in [2.05, 4.69) is 5.32 Å². The number of ether oxygens (including phenoxy) is 1. The molecule has 0 radical (unpaired) electrons. The number of hydrogen-bond acceptors (Lipinski definition) is 9. The number of thioether (sulfide) groups is 1. The van der Waals surface area contributed by atoms with Gasteiger partial charge in [-0.1, -0.05) is 0 Å². The smallest absolute Gasteiger partial charge is 0.339 e. The number of halogens is 1. The van der Waals surface area contributed by atoms with Crippen LogP contribution in [0.2, 0.25) is 0 Å². The lowest BCUT2D eigenvalue weighted by atomic mass is 10.2. The van der Waals surface area contributed by atoms with Gasteiger partial charge in [-0.05, 0) is 95.2 Å². The molecule has 2 fully saturated rings. The SMILES string of the molecule is COc1cc(/C=C2\SC(=O)N(CC(=O)N3CCCC3)C2=O)cc(I)c1OS(=O)(=O)c1ccc(NC(C)=O)cc1. The number of nitrogens with zero attached hydrogens (tertiary/aromatic N) is 2. The first kappa shape index (κ1) is 28.9. The fourth-order valence-corrected chi connectivity index (χ4v) is 6.64. The van der Waals surface area contributed by atoms with Crippen LogP contribution < -0.4 is 14.2 Å². The second-order valence-electron chi connectivity index (χ2n) is 8.63. The number of imide groups is 1. The second kappa shape index (κ2) is 12.0. The molecule has 0 atom stereocenters. The van der Waals surface area contributed by atoms with Crippen LogP contribution >= 0.6 is 34.4 Å². The van der Waals surface area contributed by atoms with Crippen molar-refractivity contribution in [3.05, 3.63) is 50.4 Å². The van der Waals surface area contributed by atoms with Gasteiger partial charge in [-0.15, -0.1) is 0 Å². The van der Waals surface area contributed by atoms with Gasteiger partial charge in [0.2, 0.25) is 11.8 Å². The standard InChI is InChI=1S/C25H24IN3O8S2/c1-15(30)27-17-5-7-18(8-6-17)39(34,35)37-23-19(26)11-16(12-20(23)36-2)13-21-24(32)29(25(33)38-21)14-22(31)28-9-3-4-10-28/h5-8,11-13H,3-4,9-10,14H2,1-2H3,(H,27,30)/b21-13-. The minimum atomic E-state index is -4.25. The van der Waals surface area contributed by atoms with Gasteiger partial charge < -0.3 is 19.1 Å². The van der Waals surface area contributed by atoms with Gasteiger partial charge in [0.25, 0.3) is 11.1 Å². The minimum Gasteiger partial charge on any atom is -0.493 e. The Kier molecular flexibility index (Phi) is 8.86. The third-order valence-corrected chi connectivity index (χ3v) is 8.78. The Balaban J connectivity index is 1.53. The van der Waals surface area contributed by atoms with Gasteiger partial charge in [0.1, 0.15) is 11.4 Å². The first-order chi connectivity index (χ1) is 18.5. The number of methoxy groups -OCH3 is 1. The highest BCUT2D eigenvalue weighted by molar-refractivity contribution is 14.1. The molecule has 14 heteroatoms. The van der Waals surface area contributed by atoms with Crippen molar-refractivity contribution in [1.29, 1.82) is 0 Å². The van der Waals surface area contributed by atoms with E-state index in [1.807, 2.05) is 22.6 Å². The highest BCUT2D eigenvalue weighted by atomic mass is 127. The Labute approximate surface area is 243 Å². The van der Waals surface area contributed by atoms with E-state index in [0.29, 0.717) is 27.9 Å². The lowest BCUT2D eigenvalue weighted by Gasteiger charge is -2.18. The summed E-state index contributed by atoms with van der Waals surface area (Å²) in [5.74, 6) is -1.08. The monoisotopic (exact) mass is 685 g/mol. The number of likely N-dealkylation sites (tertiary alicyclic amines) is 1. The van der Waals surface area contributed by atoms with Crippen molar-refractivity contribution in [2.45, 2.75) is 24.7 Å². The molecule has 1 N–H and O–H groups in total. The first-order valence-electron chi connectivity index (χ1n) is 11.7. The third kappa shape index (κ3) is 6.73. The molecule has 0 saturated carbocycles. The molecule has 2 saturated heterocycles. The Bertz CT molecular complexity index is 1470. The Hall–Kier alpha value is -3.11. The minimum absolute atomic E-state index is 0.0505. The number of anilines is 1. The molecular weight excluding hydrogens is 661 g/mol. The average Bonchev–Trinajstić information content (AvgIpc) is 3.50. The molecule has 2 aliphatic heterocycles. The molecule has 0 bridgehead atoms. The molecule has 39 heavy (non-hydrogen) atoms. The Morgan fingerprint density at radius 1 is 1.13 bits per heavy atom. The fraction of sp³-hybridized carbons (Fsp3) is 0.280. The maximum absolute atomic E-state index is 12.9. The summed E-state index contributed by atoms with van der Waals surface area (Å²) in [6, 6.07) is 8.55. The van der Waals surface area contributed by atoms with Crippen LogP contribution in [0, 0.1) is 3.57 Å². The molecule has 0 aliphatic carbocycles. The van der Waals surface area contributed by atoms with Crippen molar-refractivity contribution >= 4 is 79.2 Å². The van der Waals surface area contributed by atoms with E-state index in [0.717, 1.165) is 29.5 Å². The number of rotatable bonds is 8. The van der Waals surface area contributed by atoms with Crippen LogP contribution in [0.25, 0.3) is 6.08 Å². The molecule has 2 heterocycles. The second-order valence-corrected chi connectivity index (χ2v) is 12.3. The van der Waals surface area contributed by atoms with E-state index in [9.17, 15) is 27.6 Å². The molecular formula is C25H24IN3O8S2. The van der Waals surface area contributed by atoms with Crippen LogP contribution in [-0.4, -0.2) is 67.9 Å². The summed E-state index contributed by atoms with van der Waals surface area (Å²) in [6.45, 7) is 2.28. The predicted octanol–water partition coefficient (Wildman–Crippen LogP) is 3.68. The van der Waals surface area contributed by atoms with Gasteiger partial charge in [0, 0.05) is 25.7 Å². The number of carbonyl (C=O) groups excluding carboxylic acids is 4. The maximum Gasteiger partial charge on any atom is 0.339 e. The van der Waals surface area contributed by atoms with E-state index < -0.39 is 21.3 Å². The molecule has 0 unspecified atom stereocenters. The highest BCUT2D eigenvalue weighted by Crippen LogP contribution is 2.38. The van der Waals surface area contributed by atoms with Crippen molar-refractivity contribution in [3.63, 3.8) is 0 Å². The molecule has 0 aromatic heterocycles. The van der Waals surface area contributed by atoms with E-state index in [-0.39, 0.29) is 39.7 Å². The first-order valence-corrected chi connectivity index (χ1v) is 15.0. The zero-order valence-electron chi connectivity index (χ0n) is 20.9. The molecule has 0 spiro atoms. The normalized spacial score (nSPS) is 16.6. The van der Waals surface area contributed by atoms with Crippen LogP contribution in [0.5, 0.6) is 11.5 Å². The summed E-state index contributed by atoms with van der Waals surface area (Å²) in [4.78, 5) is 51.6. The summed E-state index contributed by atoms with van der Waals surface area (Å²) >= 11 is 2.61. The Morgan fingerprint density at radius 2 is 1.79 bits per heavy atom. The number of hydrogen-bond donors (Lipinski definition) is 1. The third-order valence-electron chi connectivity index (χ3n) is 5.83. The topological polar surface area (TPSA) is 139 Å². The van der Waals surface area contributed by atoms with Crippen molar-refractivity contribution in [2.75, 3.05) is 32.1 Å². The average molecular weight is 686 g/mol. The summed E-state index contributed by atoms with van der Waals surface area (Å²) < 4.78 is 37.0. The summed E-state index contributed by atoms with van der Waals surface area (Å²) in [5, 5.41) is 2.03. The van der Waals surface area contributed by atoms with Gasteiger partial charge >= 0.3 is 10.1 Å². The molecule has 2 aromatic carbocycles. The van der Waals surface area contributed by atoms with Crippen LogP contribution in [0.4, 0.5) is 10.5 Å². The van der Waals surface area contributed by atoms with Crippen LogP contribution in [-0.2, 0) is 24.5 Å². The predicted molar refractivity (Wildman–Crippen MR) is 153 cm³/mol. The molecule has 2 aliphatic rings. The van der Waals surface area contributed by atoms with E-state index >= 15 is 0 Å². The van der Waals surface area contributed by atoms with Gasteiger partial charge in [0.05, 0.1) is 15.6 Å². The molecule has 2 aromatic rings. The van der Waals surface area contributed by atoms with E-state index in [1.54, 1.807) is 11.0 Å². The number of nitrogens with one attached hydrogen (secondary N) is 1. The van der Waals surface area contributed by atoms with Gasteiger partial charge in [-0.2, -0.15) is 8.42 Å². The van der Waals surface area contributed by atoms with E-state index in [1.165, 1.54) is 50.4 Å². The number of benzene rings is 2. The highest BCUT2D eigenvalue weighted by Gasteiger charge is 2.37. The molecule has 11 nitrogen and oxygen atoms in total. The fourth-order valence-electron chi connectivity index (χ4n) is 3.96. The van der Waals surface area contributed by atoms with Crippen LogP contribution in [0.1, 0.15) is 25.3 Å². The Morgan fingerprint density at radius 3 is 2.41 bits per heavy atom. The summed E-state index contributed by atoms with van der Waals surface area (Å²) in [6.07, 6.45) is 3.29. The van der Waals surface area contributed by atoms with Crippen molar-refractivity contribution in [1.82, 2.24) is 9.80 Å². The largest absolute Gasteiger partial charge is 0.493 e. The number of carbonyl (C=O) groups is 4. The van der Waals surface area contributed by atoms with Crippen LogP contribution in [0.15, 0.2) is 46.2 Å². The molecule has 4 rings (SSSR count). The zero-order chi connectivity index (χ0) is 28.3.